The summed E-state index contributed by atoms with van der Waals surface area (Å²) in [7, 11) is 0. The number of terminal acetylenes is 1. The second-order valence-electron chi connectivity index (χ2n) is 3.92. The van der Waals surface area contributed by atoms with Gasteiger partial charge >= 0.3 is 0 Å². The summed E-state index contributed by atoms with van der Waals surface area (Å²) < 4.78 is 13.7. The standard InChI is InChI=1S/C14H16FNO/c1-4-7-11(5-2)16-14(17)12-9-6-8-10(3)13(12)15/h1,6,8-9,11H,5,7H2,2-3H3,(H,16,17). The van der Waals surface area contributed by atoms with Crippen molar-refractivity contribution in [3.63, 3.8) is 0 Å². The van der Waals surface area contributed by atoms with Crippen molar-refractivity contribution < 1.29 is 9.18 Å². The maximum atomic E-state index is 13.7. The monoisotopic (exact) mass is 233 g/mol. The fourth-order valence-electron chi connectivity index (χ4n) is 1.53. The van der Waals surface area contributed by atoms with Gasteiger partial charge in [0.2, 0.25) is 0 Å². The molecule has 3 heteroatoms. The van der Waals surface area contributed by atoms with Crippen LogP contribution in [0.1, 0.15) is 35.7 Å². The molecule has 90 valence electrons. The third-order valence-corrected chi connectivity index (χ3v) is 2.63. The van der Waals surface area contributed by atoms with E-state index in [0.717, 1.165) is 6.42 Å². The molecule has 0 aliphatic carbocycles. The molecule has 17 heavy (non-hydrogen) atoms. The van der Waals surface area contributed by atoms with Gasteiger partial charge in [-0.25, -0.2) is 4.39 Å². The Morgan fingerprint density at radius 1 is 1.59 bits per heavy atom. The first kappa shape index (κ1) is 13.2. The summed E-state index contributed by atoms with van der Waals surface area (Å²) in [5.74, 6) is 1.61. The Balaban J connectivity index is 2.83. The van der Waals surface area contributed by atoms with Crippen molar-refractivity contribution >= 4 is 5.91 Å². The minimum Gasteiger partial charge on any atom is -0.348 e. The predicted molar refractivity (Wildman–Crippen MR) is 66.1 cm³/mol. The highest BCUT2D eigenvalue weighted by Crippen LogP contribution is 2.12. The van der Waals surface area contributed by atoms with E-state index in [1.165, 1.54) is 6.07 Å². The second kappa shape index (κ2) is 6.05. The van der Waals surface area contributed by atoms with Gasteiger partial charge in [-0.1, -0.05) is 19.1 Å². The van der Waals surface area contributed by atoms with E-state index in [0.29, 0.717) is 12.0 Å². The lowest BCUT2D eigenvalue weighted by Crippen LogP contribution is -2.34. The molecule has 0 spiro atoms. The van der Waals surface area contributed by atoms with E-state index in [9.17, 15) is 9.18 Å². The molecule has 1 atom stereocenters. The van der Waals surface area contributed by atoms with E-state index in [4.69, 9.17) is 6.42 Å². The Hall–Kier alpha value is -1.82. The Labute approximate surface area is 101 Å². The molecule has 0 radical (unpaired) electrons. The molecule has 1 rings (SSSR count). The van der Waals surface area contributed by atoms with Gasteiger partial charge < -0.3 is 5.32 Å². The highest BCUT2D eigenvalue weighted by Gasteiger charge is 2.15. The van der Waals surface area contributed by atoms with Crippen LogP contribution >= 0.6 is 0 Å². The fraction of sp³-hybridized carbons (Fsp3) is 0.357. The summed E-state index contributed by atoms with van der Waals surface area (Å²) in [6.45, 7) is 3.56. The first-order valence-corrected chi connectivity index (χ1v) is 5.59. The summed E-state index contributed by atoms with van der Waals surface area (Å²) in [5, 5.41) is 2.73. The summed E-state index contributed by atoms with van der Waals surface area (Å²) in [4.78, 5) is 11.8. The van der Waals surface area contributed by atoms with Gasteiger partial charge in [0.25, 0.3) is 5.91 Å². The SMILES string of the molecule is C#CCC(CC)NC(=O)c1cccc(C)c1F. The third kappa shape index (κ3) is 3.32. The molecule has 2 nitrogen and oxygen atoms in total. The Bertz CT molecular complexity index is 448. The third-order valence-electron chi connectivity index (χ3n) is 2.63. The average molecular weight is 233 g/mol. The van der Waals surface area contributed by atoms with Crippen molar-refractivity contribution in [3.05, 3.63) is 35.1 Å². The van der Waals surface area contributed by atoms with Crippen LogP contribution in [-0.4, -0.2) is 11.9 Å². The summed E-state index contributed by atoms with van der Waals surface area (Å²) in [5.41, 5.74) is 0.531. The van der Waals surface area contributed by atoms with E-state index >= 15 is 0 Å². The van der Waals surface area contributed by atoms with Crippen molar-refractivity contribution in [1.29, 1.82) is 0 Å². The Morgan fingerprint density at radius 2 is 2.29 bits per heavy atom. The predicted octanol–water partition coefficient (Wildman–Crippen LogP) is 2.67. The highest BCUT2D eigenvalue weighted by atomic mass is 19.1. The summed E-state index contributed by atoms with van der Waals surface area (Å²) >= 11 is 0. The van der Waals surface area contributed by atoms with E-state index in [1.54, 1.807) is 19.1 Å². The van der Waals surface area contributed by atoms with Crippen LogP contribution in [0.15, 0.2) is 18.2 Å². The molecule has 1 unspecified atom stereocenters. The van der Waals surface area contributed by atoms with Gasteiger partial charge in [-0.2, -0.15) is 0 Å². The lowest BCUT2D eigenvalue weighted by molar-refractivity contribution is 0.0932. The molecule has 0 fully saturated rings. The lowest BCUT2D eigenvalue weighted by atomic mass is 10.1. The molecule has 0 bridgehead atoms. The normalized spacial score (nSPS) is 11.6. The number of halogens is 1. The topological polar surface area (TPSA) is 29.1 Å². The van der Waals surface area contributed by atoms with Gasteiger partial charge in [-0.15, -0.1) is 12.3 Å². The number of hydrogen-bond acceptors (Lipinski definition) is 1. The molecular formula is C14H16FNO. The van der Waals surface area contributed by atoms with Crippen molar-refractivity contribution in [3.8, 4) is 12.3 Å². The molecule has 1 N–H and O–H groups in total. The number of rotatable bonds is 4. The van der Waals surface area contributed by atoms with Gasteiger partial charge in [0, 0.05) is 12.5 Å². The van der Waals surface area contributed by atoms with E-state index < -0.39 is 11.7 Å². The first-order valence-electron chi connectivity index (χ1n) is 5.59. The van der Waals surface area contributed by atoms with Crippen LogP contribution in [0, 0.1) is 25.1 Å². The van der Waals surface area contributed by atoms with Crippen LogP contribution in [0.2, 0.25) is 0 Å². The molecule has 1 aromatic rings. The molecule has 1 aromatic carbocycles. The van der Waals surface area contributed by atoms with Crippen molar-refractivity contribution in [2.24, 2.45) is 0 Å². The van der Waals surface area contributed by atoms with Crippen molar-refractivity contribution in [2.45, 2.75) is 32.7 Å². The van der Waals surface area contributed by atoms with Gasteiger partial charge in [0.15, 0.2) is 0 Å². The van der Waals surface area contributed by atoms with Crippen LogP contribution in [0.4, 0.5) is 4.39 Å². The number of carbonyl (C=O) groups excluding carboxylic acids is 1. The first-order chi connectivity index (χ1) is 8.10. The number of nitrogens with one attached hydrogen (secondary N) is 1. The van der Waals surface area contributed by atoms with Crippen LogP contribution in [-0.2, 0) is 0 Å². The molecule has 0 aromatic heterocycles. The van der Waals surface area contributed by atoms with E-state index in [-0.39, 0.29) is 11.6 Å². The minimum absolute atomic E-state index is 0.0699. The Kier molecular flexibility index (Phi) is 4.71. The molecule has 1 amide bonds. The van der Waals surface area contributed by atoms with Crippen molar-refractivity contribution in [2.75, 3.05) is 0 Å². The maximum Gasteiger partial charge on any atom is 0.254 e. The van der Waals surface area contributed by atoms with Crippen LogP contribution < -0.4 is 5.32 Å². The van der Waals surface area contributed by atoms with Crippen LogP contribution in [0.3, 0.4) is 0 Å². The molecule has 0 saturated heterocycles. The number of amides is 1. The highest BCUT2D eigenvalue weighted by molar-refractivity contribution is 5.94. The molecule has 0 heterocycles. The quantitative estimate of drug-likeness (QED) is 0.796. The largest absolute Gasteiger partial charge is 0.348 e. The summed E-state index contributed by atoms with van der Waals surface area (Å²) in [6.07, 6.45) is 6.38. The maximum absolute atomic E-state index is 13.7. The fourth-order valence-corrected chi connectivity index (χ4v) is 1.53. The Morgan fingerprint density at radius 3 is 2.88 bits per heavy atom. The average Bonchev–Trinajstić information content (AvgIpc) is 2.31. The van der Waals surface area contributed by atoms with Gasteiger partial charge in [-0.05, 0) is 25.0 Å². The number of benzene rings is 1. The lowest BCUT2D eigenvalue weighted by Gasteiger charge is -2.14. The number of hydrogen-bond donors (Lipinski definition) is 1. The molecule has 0 aliphatic rings. The zero-order valence-electron chi connectivity index (χ0n) is 10.1. The molecule has 0 saturated carbocycles. The number of carbonyl (C=O) groups is 1. The van der Waals surface area contributed by atoms with E-state index in [1.807, 2.05) is 6.92 Å². The second-order valence-corrected chi connectivity index (χ2v) is 3.92. The van der Waals surface area contributed by atoms with Crippen molar-refractivity contribution in [1.82, 2.24) is 5.32 Å². The molecule has 0 aliphatic heterocycles. The van der Waals surface area contributed by atoms with Gasteiger partial charge in [0.1, 0.15) is 5.82 Å². The smallest absolute Gasteiger partial charge is 0.254 e. The number of aryl methyl sites for hydroxylation is 1. The molecular weight excluding hydrogens is 217 g/mol. The van der Waals surface area contributed by atoms with Gasteiger partial charge in [-0.3, -0.25) is 4.79 Å². The summed E-state index contributed by atoms with van der Waals surface area (Å²) in [6, 6.07) is 4.66. The zero-order valence-corrected chi connectivity index (χ0v) is 10.1. The van der Waals surface area contributed by atoms with Crippen LogP contribution in [0.25, 0.3) is 0 Å². The van der Waals surface area contributed by atoms with E-state index in [2.05, 4.69) is 11.2 Å². The zero-order chi connectivity index (χ0) is 12.8. The van der Waals surface area contributed by atoms with Crippen LogP contribution in [0.5, 0.6) is 0 Å². The van der Waals surface area contributed by atoms with Gasteiger partial charge in [0.05, 0.1) is 5.56 Å². The minimum atomic E-state index is -0.472.